The van der Waals surface area contributed by atoms with Gasteiger partial charge >= 0.3 is 17.6 Å². The molecule has 0 aromatic heterocycles. The van der Waals surface area contributed by atoms with Crippen molar-refractivity contribution >= 4 is 95.7 Å². The average Bonchev–Trinajstić information content (AvgIpc) is 4.06. The second kappa shape index (κ2) is 19.2. The maximum absolute atomic E-state index is 14.9. The molecule has 0 aliphatic carbocycles. The second-order valence-corrected chi connectivity index (χ2v) is 23.0. The van der Waals surface area contributed by atoms with Crippen molar-refractivity contribution in [2.45, 2.75) is 92.2 Å². The number of hydrogen-bond donors (Lipinski definition) is 0. The Kier molecular flexibility index (Phi) is 13.6. The van der Waals surface area contributed by atoms with E-state index < -0.39 is 17.6 Å². The SMILES string of the molecule is CCO[Si](CCCN1C(=O)c2ccc3c4c(N5CCCC5)cc5c6c(ccc(c7c(N8CCCC8)cc(c2c37)C1=O)c64)C(=O)N(CCC[Si](OCC)(OCC)OCC)C5=O)(OCC)OCC. The standard InChI is InChI=1S/C50H64N4O10Si2/c1-7-59-65(60-8-2,61-9-3)29-17-27-53-47(55)35-21-19-33-44-40(52-25-15-16-26-52)32-38-42-36(48(56)54(50(38)58)28-18-30-66(62-10-4,63-11-5)64-12-6)22-20-34(46(42)44)43-39(51-23-13-14-24-51)31-37(49(53)57)41(35)45(33)43/h19-22,31-32H,7-18,23-30H2,1-6H3. The third-order valence-electron chi connectivity index (χ3n) is 13.8. The van der Waals surface area contributed by atoms with Crippen LogP contribution >= 0.6 is 0 Å². The van der Waals surface area contributed by atoms with E-state index in [1.165, 1.54) is 9.80 Å². The molecule has 9 rings (SSSR count). The number of nitrogens with zero attached hydrogens (tertiary/aromatic N) is 4. The number of anilines is 2. The fourth-order valence-electron chi connectivity index (χ4n) is 11.3. The van der Waals surface area contributed by atoms with Gasteiger partial charge in [0.1, 0.15) is 0 Å². The van der Waals surface area contributed by atoms with Crippen LogP contribution < -0.4 is 9.80 Å². The zero-order valence-electron chi connectivity index (χ0n) is 39.5. The predicted octanol–water partition coefficient (Wildman–Crippen LogP) is 9.01. The number of imide groups is 2. The molecule has 0 spiro atoms. The summed E-state index contributed by atoms with van der Waals surface area (Å²) >= 11 is 0. The number of amides is 4. The zero-order chi connectivity index (χ0) is 46.3. The predicted molar refractivity (Wildman–Crippen MR) is 261 cm³/mol. The highest BCUT2D eigenvalue weighted by Crippen LogP contribution is 2.52. The Morgan fingerprint density at radius 3 is 1.06 bits per heavy atom. The van der Waals surface area contributed by atoms with Gasteiger partial charge in [0.15, 0.2) is 0 Å². The van der Waals surface area contributed by atoms with Gasteiger partial charge in [0.25, 0.3) is 23.6 Å². The lowest BCUT2D eigenvalue weighted by Gasteiger charge is -2.34. The molecule has 2 fully saturated rings. The minimum atomic E-state index is -3.02. The Balaban J connectivity index is 1.20. The molecule has 2 saturated heterocycles. The molecule has 0 N–H and O–H groups in total. The van der Waals surface area contributed by atoms with Gasteiger partial charge in [0.05, 0.1) is 11.1 Å². The van der Waals surface area contributed by atoms with Gasteiger partial charge in [-0.15, -0.1) is 0 Å². The normalized spacial score (nSPS) is 16.9. The first-order chi connectivity index (χ1) is 32.1. The quantitative estimate of drug-likeness (QED) is 0.0284. The monoisotopic (exact) mass is 936 g/mol. The van der Waals surface area contributed by atoms with Gasteiger partial charge in [-0.2, -0.15) is 0 Å². The van der Waals surface area contributed by atoms with Gasteiger partial charge in [-0.3, -0.25) is 29.0 Å². The molecule has 5 aromatic rings. The van der Waals surface area contributed by atoms with Gasteiger partial charge in [-0.25, -0.2) is 0 Å². The number of carbonyl (C=O) groups excluding carboxylic acids is 4. The van der Waals surface area contributed by atoms with Gasteiger partial charge < -0.3 is 36.4 Å². The van der Waals surface area contributed by atoms with Crippen molar-refractivity contribution in [3.05, 3.63) is 58.7 Å². The van der Waals surface area contributed by atoms with Crippen molar-refractivity contribution < 1.29 is 45.7 Å². The molecule has 0 unspecified atom stereocenters. The molecule has 0 radical (unpaired) electrons. The maximum Gasteiger partial charge on any atom is 0.500 e. The van der Waals surface area contributed by atoms with Crippen molar-refractivity contribution in [3.8, 4) is 0 Å². The third kappa shape index (κ3) is 7.80. The van der Waals surface area contributed by atoms with E-state index in [0.717, 1.165) is 95.6 Å². The van der Waals surface area contributed by atoms with E-state index >= 15 is 0 Å². The molecule has 0 bridgehead atoms. The van der Waals surface area contributed by atoms with Crippen LogP contribution in [0.3, 0.4) is 0 Å². The van der Waals surface area contributed by atoms with Gasteiger partial charge in [0, 0.05) is 146 Å². The van der Waals surface area contributed by atoms with E-state index in [2.05, 4.69) is 9.80 Å². The highest BCUT2D eigenvalue weighted by molar-refractivity contribution is 6.61. The van der Waals surface area contributed by atoms with Crippen LogP contribution in [0.25, 0.3) is 43.1 Å². The second-order valence-electron chi connectivity index (χ2n) is 17.5. The molecular weight excluding hydrogens is 873 g/mol. The van der Waals surface area contributed by atoms with Crippen molar-refractivity contribution in [1.82, 2.24) is 9.80 Å². The van der Waals surface area contributed by atoms with Crippen molar-refractivity contribution in [3.63, 3.8) is 0 Å². The number of carbonyl (C=O) groups is 4. The van der Waals surface area contributed by atoms with Crippen LogP contribution in [0, 0.1) is 0 Å². The number of fused-ring (bicyclic) bond motifs is 2. The van der Waals surface area contributed by atoms with E-state index in [4.69, 9.17) is 26.6 Å². The van der Waals surface area contributed by atoms with Crippen molar-refractivity contribution in [2.75, 3.05) is 88.7 Å². The third-order valence-corrected chi connectivity index (χ3v) is 20.1. The van der Waals surface area contributed by atoms with Crippen LogP contribution in [-0.2, 0) is 26.6 Å². The van der Waals surface area contributed by atoms with Crippen LogP contribution in [0.5, 0.6) is 0 Å². The van der Waals surface area contributed by atoms with Gasteiger partial charge in [-0.1, -0.05) is 12.1 Å². The molecule has 0 atom stereocenters. The highest BCUT2D eigenvalue weighted by Gasteiger charge is 2.44. The minimum Gasteiger partial charge on any atom is -0.374 e. The molecule has 4 amide bonds. The summed E-state index contributed by atoms with van der Waals surface area (Å²) in [6.45, 7) is 17.9. The molecule has 16 heteroatoms. The van der Waals surface area contributed by atoms with Crippen LogP contribution in [0.4, 0.5) is 11.4 Å². The molecule has 4 aliphatic rings. The van der Waals surface area contributed by atoms with Crippen molar-refractivity contribution in [2.24, 2.45) is 0 Å². The molecule has 4 aliphatic heterocycles. The van der Waals surface area contributed by atoms with Crippen LogP contribution in [0.15, 0.2) is 36.4 Å². The molecule has 0 saturated carbocycles. The summed E-state index contributed by atoms with van der Waals surface area (Å²) in [5, 5.41) is 6.77. The summed E-state index contributed by atoms with van der Waals surface area (Å²) in [6.07, 6.45) is 5.00. The Hall–Kier alpha value is -4.53. The largest absolute Gasteiger partial charge is 0.500 e. The van der Waals surface area contributed by atoms with Crippen LogP contribution in [0.1, 0.15) is 121 Å². The first kappa shape index (κ1) is 46.6. The number of benzene rings is 5. The Bertz CT molecular complexity index is 2470. The summed E-state index contributed by atoms with van der Waals surface area (Å²) in [5.74, 6) is -1.29. The summed E-state index contributed by atoms with van der Waals surface area (Å²) in [5.41, 5.74) is 3.87. The number of hydrogen-bond acceptors (Lipinski definition) is 12. The molecule has 66 heavy (non-hydrogen) atoms. The van der Waals surface area contributed by atoms with Crippen LogP contribution in [-0.4, -0.2) is 130 Å². The fraction of sp³-hybridized carbons (Fsp3) is 0.520. The lowest BCUT2D eigenvalue weighted by Crippen LogP contribution is -2.47. The lowest BCUT2D eigenvalue weighted by atomic mass is 9.80. The van der Waals surface area contributed by atoms with Crippen molar-refractivity contribution in [1.29, 1.82) is 0 Å². The molecule has 5 aromatic carbocycles. The van der Waals surface area contributed by atoms with E-state index in [0.29, 0.717) is 97.6 Å². The summed E-state index contributed by atoms with van der Waals surface area (Å²) in [6, 6.07) is 12.8. The average molecular weight is 937 g/mol. The Morgan fingerprint density at radius 1 is 0.424 bits per heavy atom. The maximum atomic E-state index is 14.9. The van der Waals surface area contributed by atoms with E-state index in [1.807, 2.05) is 77.9 Å². The fourth-order valence-corrected chi connectivity index (χ4v) is 16.4. The van der Waals surface area contributed by atoms with Crippen LogP contribution in [0.2, 0.25) is 12.1 Å². The smallest absolute Gasteiger partial charge is 0.374 e. The first-order valence-corrected chi connectivity index (χ1v) is 28.3. The molecular formula is C50H64N4O10Si2. The Morgan fingerprint density at radius 2 is 0.742 bits per heavy atom. The topological polar surface area (TPSA) is 137 Å². The first-order valence-electron chi connectivity index (χ1n) is 24.4. The van der Waals surface area contributed by atoms with Gasteiger partial charge in [-0.05, 0) is 115 Å². The highest BCUT2D eigenvalue weighted by atomic mass is 28.4. The molecule has 14 nitrogen and oxygen atoms in total. The molecule has 352 valence electrons. The summed E-state index contributed by atoms with van der Waals surface area (Å²) in [4.78, 5) is 66.7. The zero-order valence-corrected chi connectivity index (χ0v) is 41.5. The summed E-state index contributed by atoms with van der Waals surface area (Å²) in [7, 11) is -6.03. The van der Waals surface area contributed by atoms with E-state index in [-0.39, 0.29) is 36.7 Å². The summed E-state index contributed by atoms with van der Waals surface area (Å²) < 4.78 is 36.7. The van der Waals surface area contributed by atoms with Gasteiger partial charge in [0.2, 0.25) is 0 Å². The number of rotatable bonds is 22. The molecule has 4 heterocycles. The Labute approximate surface area is 389 Å². The van der Waals surface area contributed by atoms with E-state index in [9.17, 15) is 19.2 Å². The van der Waals surface area contributed by atoms with E-state index in [1.54, 1.807) is 0 Å². The lowest BCUT2D eigenvalue weighted by molar-refractivity contribution is 0.0573. The minimum absolute atomic E-state index is 0.198.